The Morgan fingerprint density at radius 3 is 2.30 bits per heavy atom. The summed E-state index contributed by atoms with van der Waals surface area (Å²) in [6.45, 7) is 5.25. The molecule has 1 saturated heterocycles. The maximum absolute atomic E-state index is 6.05. The van der Waals surface area contributed by atoms with Crippen LogP contribution in [0.15, 0.2) is 12.1 Å². The van der Waals surface area contributed by atoms with E-state index in [2.05, 4.69) is 13.8 Å². The summed E-state index contributed by atoms with van der Waals surface area (Å²) in [5.41, 5.74) is 6.62. The monoisotopic (exact) mass is 279 g/mol. The summed E-state index contributed by atoms with van der Waals surface area (Å²) in [4.78, 5) is 0. The molecule has 0 saturated carbocycles. The standard InChI is InChI=1S/C15H21NO4/c1-9-5-11(6-10(2)19-9)20-13-8-15-14(7-12(13)16)17-3-4-18-15/h7-11H,3-6,16H2,1-2H3. The summed E-state index contributed by atoms with van der Waals surface area (Å²) < 4.78 is 22.8. The molecule has 0 bridgehead atoms. The van der Waals surface area contributed by atoms with Gasteiger partial charge in [0, 0.05) is 25.0 Å². The van der Waals surface area contributed by atoms with Crippen molar-refractivity contribution in [1.29, 1.82) is 0 Å². The number of ether oxygens (including phenoxy) is 4. The molecule has 2 N–H and O–H groups in total. The first-order valence-corrected chi connectivity index (χ1v) is 7.13. The van der Waals surface area contributed by atoms with Gasteiger partial charge in [-0.1, -0.05) is 0 Å². The van der Waals surface area contributed by atoms with E-state index in [1.54, 1.807) is 6.07 Å². The van der Waals surface area contributed by atoms with E-state index in [1.807, 2.05) is 6.07 Å². The van der Waals surface area contributed by atoms with Gasteiger partial charge in [-0.15, -0.1) is 0 Å². The lowest BCUT2D eigenvalue weighted by Crippen LogP contribution is -2.35. The van der Waals surface area contributed by atoms with E-state index in [-0.39, 0.29) is 18.3 Å². The van der Waals surface area contributed by atoms with Gasteiger partial charge in [0.15, 0.2) is 11.5 Å². The van der Waals surface area contributed by atoms with Crippen LogP contribution < -0.4 is 19.9 Å². The van der Waals surface area contributed by atoms with Gasteiger partial charge in [0.1, 0.15) is 25.1 Å². The second-order valence-electron chi connectivity index (χ2n) is 5.50. The van der Waals surface area contributed by atoms with Gasteiger partial charge in [-0.05, 0) is 13.8 Å². The maximum Gasteiger partial charge on any atom is 0.165 e. The highest BCUT2D eigenvalue weighted by atomic mass is 16.6. The normalized spacial score (nSPS) is 29.0. The summed E-state index contributed by atoms with van der Waals surface area (Å²) in [7, 11) is 0. The van der Waals surface area contributed by atoms with Gasteiger partial charge >= 0.3 is 0 Å². The number of nitrogen functional groups attached to an aromatic ring is 1. The number of rotatable bonds is 2. The lowest BCUT2D eigenvalue weighted by Gasteiger charge is -2.32. The predicted molar refractivity (Wildman–Crippen MR) is 75.5 cm³/mol. The van der Waals surface area contributed by atoms with Gasteiger partial charge in [-0.3, -0.25) is 0 Å². The van der Waals surface area contributed by atoms with E-state index in [9.17, 15) is 0 Å². The van der Waals surface area contributed by atoms with E-state index >= 15 is 0 Å². The minimum absolute atomic E-state index is 0.124. The number of hydrogen-bond acceptors (Lipinski definition) is 5. The Hall–Kier alpha value is -1.62. The van der Waals surface area contributed by atoms with Crippen molar-refractivity contribution in [3.63, 3.8) is 0 Å². The van der Waals surface area contributed by atoms with E-state index in [4.69, 9.17) is 24.7 Å². The lowest BCUT2D eigenvalue weighted by molar-refractivity contribution is -0.0720. The van der Waals surface area contributed by atoms with Crippen molar-refractivity contribution in [1.82, 2.24) is 0 Å². The molecule has 3 rings (SSSR count). The summed E-state index contributed by atoms with van der Waals surface area (Å²) in [5.74, 6) is 2.06. The Kier molecular flexibility index (Phi) is 3.61. The Labute approximate surface area is 118 Å². The highest BCUT2D eigenvalue weighted by Crippen LogP contribution is 2.39. The number of anilines is 1. The van der Waals surface area contributed by atoms with E-state index in [0.717, 1.165) is 12.8 Å². The van der Waals surface area contributed by atoms with Crippen molar-refractivity contribution in [2.75, 3.05) is 18.9 Å². The predicted octanol–water partition coefficient (Wildman–Crippen LogP) is 2.37. The van der Waals surface area contributed by atoms with Gasteiger partial charge in [0.05, 0.1) is 17.9 Å². The molecule has 0 radical (unpaired) electrons. The van der Waals surface area contributed by atoms with Crippen LogP contribution in [0.5, 0.6) is 17.2 Å². The molecule has 2 aliphatic heterocycles. The molecule has 5 nitrogen and oxygen atoms in total. The lowest BCUT2D eigenvalue weighted by atomic mass is 10.0. The Bertz CT molecular complexity index is 481. The third kappa shape index (κ3) is 2.77. The van der Waals surface area contributed by atoms with Crippen LogP contribution >= 0.6 is 0 Å². The molecular formula is C15H21NO4. The molecule has 2 heterocycles. The molecule has 20 heavy (non-hydrogen) atoms. The maximum atomic E-state index is 6.05. The fourth-order valence-corrected chi connectivity index (χ4v) is 2.81. The van der Waals surface area contributed by atoms with Crippen molar-refractivity contribution in [2.45, 2.75) is 45.0 Å². The van der Waals surface area contributed by atoms with Gasteiger partial charge in [0.2, 0.25) is 0 Å². The molecule has 1 fully saturated rings. The summed E-state index contributed by atoms with van der Waals surface area (Å²) in [6, 6.07) is 3.60. The zero-order chi connectivity index (χ0) is 14.1. The van der Waals surface area contributed by atoms with Crippen LogP contribution in [-0.4, -0.2) is 31.5 Å². The molecule has 2 aliphatic rings. The highest BCUT2D eigenvalue weighted by molar-refractivity contribution is 5.62. The van der Waals surface area contributed by atoms with Crippen molar-refractivity contribution in [3.05, 3.63) is 12.1 Å². The number of fused-ring (bicyclic) bond motifs is 1. The molecule has 0 amide bonds. The van der Waals surface area contributed by atoms with Crippen LogP contribution in [-0.2, 0) is 4.74 Å². The SMILES string of the molecule is CC1CC(Oc2cc3c(cc2N)OCCO3)CC(C)O1. The minimum Gasteiger partial charge on any atom is -0.488 e. The van der Waals surface area contributed by atoms with Crippen LogP contribution in [0.4, 0.5) is 5.69 Å². The quantitative estimate of drug-likeness (QED) is 0.842. The minimum atomic E-state index is 0.124. The second-order valence-corrected chi connectivity index (χ2v) is 5.50. The van der Waals surface area contributed by atoms with Crippen LogP contribution in [0.25, 0.3) is 0 Å². The van der Waals surface area contributed by atoms with Crippen LogP contribution in [0.3, 0.4) is 0 Å². The van der Waals surface area contributed by atoms with E-state index < -0.39 is 0 Å². The fraction of sp³-hybridized carbons (Fsp3) is 0.600. The summed E-state index contributed by atoms with van der Waals surface area (Å²) in [6.07, 6.45) is 2.29. The topological polar surface area (TPSA) is 62.9 Å². The Morgan fingerprint density at radius 1 is 1.05 bits per heavy atom. The average molecular weight is 279 g/mol. The Balaban J connectivity index is 1.76. The molecule has 5 heteroatoms. The summed E-state index contributed by atoms with van der Waals surface area (Å²) >= 11 is 0. The molecule has 0 aromatic heterocycles. The molecule has 0 spiro atoms. The second kappa shape index (κ2) is 5.40. The van der Waals surface area contributed by atoms with Crippen LogP contribution in [0.1, 0.15) is 26.7 Å². The summed E-state index contributed by atoms with van der Waals surface area (Å²) in [5, 5.41) is 0. The van der Waals surface area contributed by atoms with Gasteiger partial charge in [0.25, 0.3) is 0 Å². The molecule has 0 aliphatic carbocycles. The molecule has 2 unspecified atom stereocenters. The first kappa shape index (κ1) is 13.4. The van der Waals surface area contributed by atoms with Gasteiger partial charge in [-0.25, -0.2) is 0 Å². The van der Waals surface area contributed by atoms with Gasteiger partial charge < -0.3 is 24.7 Å². The molecule has 2 atom stereocenters. The zero-order valence-corrected chi connectivity index (χ0v) is 11.9. The molecule has 1 aromatic carbocycles. The number of nitrogens with two attached hydrogens (primary N) is 1. The van der Waals surface area contributed by atoms with Crippen molar-refractivity contribution in [2.24, 2.45) is 0 Å². The number of hydrogen-bond donors (Lipinski definition) is 1. The molecule has 110 valence electrons. The van der Waals surface area contributed by atoms with Crippen LogP contribution in [0, 0.1) is 0 Å². The van der Waals surface area contributed by atoms with Crippen molar-refractivity contribution >= 4 is 5.69 Å². The van der Waals surface area contributed by atoms with Crippen molar-refractivity contribution < 1.29 is 18.9 Å². The Morgan fingerprint density at radius 2 is 1.65 bits per heavy atom. The first-order chi connectivity index (χ1) is 9.61. The third-order valence-electron chi connectivity index (χ3n) is 3.62. The van der Waals surface area contributed by atoms with Gasteiger partial charge in [-0.2, -0.15) is 0 Å². The van der Waals surface area contributed by atoms with E-state index in [0.29, 0.717) is 36.1 Å². The van der Waals surface area contributed by atoms with E-state index in [1.165, 1.54) is 0 Å². The smallest absolute Gasteiger partial charge is 0.165 e. The highest BCUT2D eigenvalue weighted by Gasteiger charge is 2.27. The third-order valence-corrected chi connectivity index (χ3v) is 3.62. The molecule has 1 aromatic rings. The zero-order valence-electron chi connectivity index (χ0n) is 11.9. The fourth-order valence-electron chi connectivity index (χ4n) is 2.81. The number of benzene rings is 1. The molecular weight excluding hydrogens is 258 g/mol. The van der Waals surface area contributed by atoms with Crippen molar-refractivity contribution in [3.8, 4) is 17.2 Å². The first-order valence-electron chi connectivity index (χ1n) is 7.13. The average Bonchev–Trinajstić information content (AvgIpc) is 2.38. The largest absolute Gasteiger partial charge is 0.488 e. The van der Waals surface area contributed by atoms with Crippen LogP contribution in [0.2, 0.25) is 0 Å².